The van der Waals surface area contributed by atoms with E-state index in [1.54, 1.807) is 28.0 Å². The number of ether oxygens (including phenoxy) is 5. The van der Waals surface area contributed by atoms with Crippen LogP contribution in [0, 0.1) is 0 Å². The Morgan fingerprint density at radius 1 is 0.894 bits per heavy atom. The van der Waals surface area contributed by atoms with Gasteiger partial charge in [0.2, 0.25) is 5.75 Å². The zero-order chi connectivity index (χ0) is 33.2. The Labute approximate surface area is 285 Å². The maximum absolute atomic E-state index is 13.8. The molecule has 12 heteroatoms. The molecule has 2 amide bonds. The van der Waals surface area contributed by atoms with Crippen molar-refractivity contribution in [2.75, 3.05) is 60.8 Å². The first-order chi connectivity index (χ1) is 22.7. The molecule has 0 unspecified atom stereocenters. The number of hydrogen-bond donors (Lipinski definition) is 0. The third-order valence-corrected chi connectivity index (χ3v) is 10.2. The summed E-state index contributed by atoms with van der Waals surface area (Å²) in [5, 5.41) is 0.868. The van der Waals surface area contributed by atoms with Crippen molar-refractivity contribution < 1.29 is 33.3 Å². The number of halogens is 2. The summed E-state index contributed by atoms with van der Waals surface area (Å²) in [5.74, 6) is 0.971. The Bertz CT molecular complexity index is 1590. The first-order valence-corrected chi connectivity index (χ1v) is 16.4. The van der Waals surface area contributed by atoms with E-state index < -0.39 is 11.2 Å². The summed E-state index contributed by atoms with van der Waals surface area (Å²) in [4.78, 5) is 32.5. The molecule has 3 aliphatic rings. The highest BCUT2D eigenvalue weighted by Crippen LogP contribution is 2.42. The lowest BCUT2D eigenvalue weighted by Crippen LogP contribution is -2.48. The normalized spacial score (nSPS) is 20.8. The molecule has 1 spiro atoms. The van der Waals surface area contributed by atoms with Crippen LogP contribution in [0.15, 0.2) is 60.7 Å². The van der Waals surface area contributed by atoms with Crippen LogP contribution >= 0.6 is 23.2 Å². The summed E-state index contributed by atoms with van der Waals surface area (Å²) < 4.78 is 28.9. The molecule has 0 bridgehead atoms. The van der Waals surface area contributed by atoms with Gasteiger partial charge in [0.05, 0.1) is 44.5 Å². The third-order valence-electron chi connectivity index (χ3n) is 9.44. The van der Waals surface area contributed by atoms with Gasteiger partial charge in [-0.3, -0.25) is 9.69 Å². The van der Waals surface area contributed by atoms with Crippen molar-refractivity contribution >= 4 is 35.2 Å². The third kappa shape index (κ3) is 6.83. The van der Waals surface area contributed by atoms with Crippen LogP contribution in [0.25, 0.3) is 0 Å². The van der Waals surface area contributed by atoms with Gasteiger partial charge in [-0.15, -0.1) is 0 Å². The Balaban J connectivity index is 1.15. The average Bonchev–Trinajstić information content (AvgIpc) is 3.66. The van der Waals surface area contributed by atoms with E-state index >= 15 is 0 Å². The highest BCUT2D eigenvalue weighted by Gasteiger charge is 2.48. The van der Waals surface area contributed by atoms with E-state index in [0.29, 0.717) is 65.5 Å². The van der Waals surface area contributed by atoms with Gasteiger partial charge in [0.1, 0.15) is 17.9 Å². The van der Waals surface area contributed by atoms with Gasteiger partial charge in [-0.25, -0.2) is 4.79 Å². The minimum Gasteiger partial charge on any atom is -0.493 e. The van der Waals surface area contributed by atoms with Crippen molar-refractivity contribution in [3.63, 3.8) is 0 Å². The van der Waals surface area contributed by atoms with Crippen molar-refractivity contribution in [3.8, 4) is 17.2 Å². The summed E-state index contributed by atoms with van der Waals surface area (Å²) >= 11 is 12.8. The lowest BCUT2D eigenvalue weighted by atomic mass is 9.88. The van der Waals surface area contributed by atoms with Crippen molar-refractivity contribution in [1.29, 1.82) is 0 Å². The van der Waals surface area contributed by atoms with Gasteiger partial charge in [-0.05, 0) is 41.8 Å². The lowest BCUT2D eigenvalue weighted by Gasteiger charge is -2.39. The van der Waals surface area contributed by atoms with Crippen LogP contribution in [-0.4, -0.2) is 93.1 Å². The highest BCUT2D eigenvalue weighted by molar-refractivity contribution is 6.42. The molecular formula is C35H39Cl2N3O7. The fourth-order valence-electron chi connectivity index (χ4n) is 6.77. The van der Waals surface area contributed by atoms with Crippen LogP contribution in [0.2, 0.25) is 10.0 Å². The number of carbonyl (C=O) groups excluding carboxylic acids is 2. The van der Waals surface area contributed by atoms with E-state index in [2.05, 4.69) is 4.90 Å². The van der Waals surface area contributed by atoms with Gasteiger partial charge in [-0.1, -0.05) is 59.6 Å². The summed E-state index contributed by atoms with van der Waals surface area (Å²) in [7, 11) is 4.55. The molecule has 3 fully saturated rings. The molecule has 10 nitrogen and oxygen atoms in total. The molecule has 0 saturated carbocycles. The van der Waals surface area contributed by atoms with Crippen molar-refractivity contribution in [2.45, 2.75) is 37.0 Å². The van der Waals surface area contributed by atoms with E-state index in [1.807, 2.05) is 42.5 Å². The van der Waals surface area contributed by atoms with Crippen molar-refractivity contribution in [1.82, 2.24) is 14.7 Å². The fourth-order valence-corrected chi connectivity index (χ4v) is 7.07. The number of benzene rings is 3. The number of likely N-dealkylation sites (tertiary alicyclic amines) is 1. The van der Waals surface area contributed by atoms with E-state index in [4.69, 9.17) is 46.9 Å². The van der Waals surface area contributed by atoms with Crippen LogP contribution in [0.4, 0.5) is 4.79 Å². The molecule has 3 saturated heterocycles. The van der Waals surface area contributed by atoms with E-state index in [-0.39, 0.29) is 18.7 Å². The molecule has 0 radical (unpaired) electrons. The number of carbonyl (C=O) groups is 2. The minimum absolute atomic E-state index is 0.0893. The van der Waals surface area contributed by atoms with E-state index in [0.717, 1.165) is 37.1 Å². The molecule has 3 aliphatic heterocycles. The number of amides is 2. The maximum atomic E-state index is 13.8. The molecule has 47 heavy (non-hydrogen) atoms. The molecule has 0 N–H and O–H groups in total. The largest absolute Gasteiger partial charge is 0.493 e. The number of methoxy groups -OCH3 is 3. The van der Waals surface area contributed by atoms with Gasteiger partial charge in [0.15, 0.2) is 11.5 Å². The highest BCUT2D eigenvalue weighted by atomic mass is 35.5. The second-order valence-corrected chi connectivity index (χ2v) is 13.1. The number of piperidine rings is 1. The molecule has 3 aromatic carbocycles. The Morgan fingerprint density at radius 3 is 2.23 bits per heavy atom. The molecule has 0 aliphatic carbocycles. The SMILES string of the molecule is COc1cc(C(=O)N2CO[C@](CCN3CCC4(CC3)CN(Cc3ccccc3)C(=O)O4)(c3ccc(Cl)c(Cl)c3)C2)cc(OC)c1OC. The number of hydrogen-bond acceptors (Lipinski definition) is 8. The monoisotopic (exact) mass is 683 g/mol. The van der Waals surface area contributed by atoms with Gasteiger partial charge in [-0.2, -0.15) is 0 Å². The van der Waals surface area contributed by atoms with Gasteiger partial charge < -0.3 is 33.5 Å². The summed E-state index contributed by atoms with van der Waals surface area (Å²) in [6.45, 7) is 3.79. The lowest BCUT2D eigenvalue weighted by molar-refractivity contribution is -0.0263. The summed E-state index contributed by atoms with van der Waals surface area (Å²) in [6.07, 6.45) is 1.85. The quantitative estimate of drug-likeness (QED) is 0.249. The van der Waals surface area contributed by atoms with Crippen LogP contribution in [0.3, 0.4) is 0 Å². The topological polar surface area (TPSA) is 90.0 Å². The first-order valence-electron chi connectivity index (χ1n) is 15.6. The maximum Gasteiger partial charge on any atom is 0.410 e. The summed E-state index contributed by atoms with van der Waals surface area (Å²) in [6, 6.07) is 18.7. The van der Waals surface area contributed by atoms with Crippen LogP contribution < -0.4 is 14.2 Å². The molecule has 3 aromatic rings. The van der Waals surface area contributed by atoms with Crippen LogP contribution in [-0.2, 0) is 21.6 Å². The zero-order valence-electron chi connectivity index (χ0n) is 26.8. The Hall–Kier alpha value is -3.70. The average molecular weight is 685 g/mol. The zero-order valence-corrected chi connectivity index (χ0v) is 28.3. The van der Waals surface area contributed by atoms with Gasteiger partial charge in [0, 0.05) is 44.6 Å². The Kier molecular flexibility index (Phi) is 9.75. The predicted octanol–water partition coefficient (Wildman–Crippen LogP) is 6.22. The molecule has 6 rings (SSSR count). The standard InChI is InChI=1S/C35H39Cl2N3O7/c1-43-29-17-25(18-30(44-2)31(29)45-3)32(41)40-22-35(46-23-40,26-9-10-27(36)28(37)19-26)13-16-38-14-11-34(12-15-38)21-39(33(42)47-34)20-24-7-5-4-6-8-24/h4-10,17-19H,11-16,20-23H2,1-3H3/t35-/m0/s1. The minimum atomic E-state index is -0.814. The second-order valence-electron chi connectivity index (χ2n) is 12.3. The van der Waals surface area contributed by atoms with Crippen LogP contribution in [0.1, 0.15) is 40.7 Å². The fraction of sp³-hybridized carbons (Fsp3) is 0.429. The van der Waals surface area contributed by atoms with Gasteiger partial charge >= 0.3 is 6.09 Å². The van der Waals surface area contributed by atoms with Crippen LogP contribution in [0.5, 0.6) is 17.2 Å². The van der Waals surface area contributed by atoms with E-state index in [1.165, 1.54) is 21.3 Å². The molecule has 3 heterocycles. The van der Waals surface area contributed by atoms with Crippen molar-refractivity contribution in [2.24, 2.45) is 0 Å². The van der Waals surface area contributed by atoms with Gasteiger partial charge in [0.25, 0.3) is 5.91 Å². The molecule has 250 valence electrons. The summed E-state index contributed by atoms with van der Waals surface area (Å²) in [5.41, 5.74) is 1.04. The number of rotatable bonds is 10. The molecule has 0 aromatic heterocycles. The molecule has 1 atom stereocenters. The smallest absolute Gasteiger partial charge is 0.410 e. The number of nitrogens with zero attached hydrogens (tertiary/aromatic N) is 3. The van der Waals surface area contributed by atoms with Crippen molar-refractivity contribution in [3.05, 3.63) is 87.4 Å². The second kappa shape index (κ2) is 13.8. The molecular weight excluding hydrogens is 645 g/mol. The predicted molar refractivity (Wildman–Crippen MR) is 178 cm³/mol. The Morgan fingerprint density at radius 2 is 1.60 bits per heavy atom. The van der Waals surface area contributed by atoms with E-state index in [9.17, 15) is 9.59 Å². The first kappa shape index (κ1) is 33.2.